The molecule has 2 fully saturated rings. The molecule has 4 rings (SSSR count). The third kappa shape index (κ3) is 14.3. The summed E-state index contributed by atoms with van der Waals surface area (Å²) < 4.78 is 16.3. The fourth-order valence-corrected chi connectivity index (χ4v) is 6.18. The standard InChI is InChI=1S/C34H52N8O8.4H2S/c1-22(2)28(37-21-50-47-6)32(43)41-13-9-11-26(41)30-35-17-24(38-30)19-48-15-7-8-16-49-20-25-18-36-31(39-25)27-12-10-14-42(27)33(44)29(23(3)4)40-34(45)46-5;;;;/h7-8,17-18,21-23,26-29H,9-16,19-20H2,1-6H3,(H,35,38)(H,36,39)(H,40,45);4*1H2/b8-7+,37-21?;;;;/t26-,27-,28-,29-;;;;/m0..../s1. The third-order valence-electron chi connectivity index (χ3n) is 8.75. The number of rotatable bonds is 18. The first-order chi connectivity index (χ1) is 24.1. The minimum Gasteiger partial charge on any atom is -0.453 e. The van der Waals surface area contributed by atoms with E-state index in [-0.39, 0.29) is 89.7 Å². The molecule has 0 saturated carbocycles. The SMILES string of the molecule is COOC=N[C@H](C(=O)N1CCC[C@H]1c1ncc(COC/C=C/COCc2cnc([C@@H]3CCCN3C(=O)[C@@H](NC(=O)OC)C(C)C)[nH]2)[nH]1)C(C)C.S.S.S.S. The Bertz CT molecular complexity index is 1460. The van der Waals surface area contributed by atoms with Crippen LogP contribution >= 0.6 is 54.0 Å². The predicted octanol–water partition coefficient (Wildman–Crippen LogP) is 4.21. The second-order valence-electron chi connectivity index (χ2n) is 13.0. The van der Waals surface area contributed by atoms with Crippen molar-refractivity contribution < 1.29 is 38.4 Å². The normalized spacial score (nSPS) is 17.9. The molecule has 16 nitrogen and oxygen atoms in total. The molecule has 2 aliphatic heterocycles. The number of H-pyrrole nitrogens is 2. The number of carbonyl (C=O) groups excluding carboxylic acids is 3. The van der Waals surface area contributed by atoms with E-state index in [1.54, 1.807) is 17.3 Å². The zero-order chi connectivity index (χ0) is 36.0. The monoisotopic (exact) mass is 836 g/mol. The topological polar surface area (TPSA) is 186 Å². The van der Waals surface area contributed by atoms with Crippen LogP contribution < -0.4 is 5.32 Å². The Kier molecular flexibility index (Phi) is 24.7. The summed E-state index contributed by atoms with van der Waals surface area (Å²) in [5.41, 5.74) is 1.63. The second kappa shape index (κ2) is 26.1. The van der Waals surface area contributed by atoms with E-state index in [1.165, 1.54) is 20.6 Å². The van der Waals surface area contributed by atoms with Gasteiger partial charge in [0.2, 0.25) is 18.2 Å². The molecule has 3 N–H and O–H groups in total. The predicted molar refractivity (Wildman–Crippen MR) is 224 cm³/mol. The molecule has 4 atom stereocenters. The van der Waals surface area contributed by atoms with E-state index in [0.29, 0.717) is 45.3 Å². The van der Waals surface area contributed by atoms with E-state index in [9.17, 15) is 14.4 Å². The highest BCUT2D eigenvalue weighted by molar-refractivity contribution is 7.59. The van der Waals surface area contributed by atoms with Crippen molar-refractivity contribution in [1.82, 2.24) is 35.1 Å². The van der Waals surface area contributed by atoms with Gasteiger partial charge < -0.3 is 44.2 Å². The van der Waals surface area contributed by atoms with E-state index in [2.05, 4.69) is 35.1 Å². The molecule has 54 heavy (non-hydrogen) atoms. The average molecular weight is 837 g/mol. The van der Waals surface area contributed by atoms with Crippen molar-refractivity contribution >= 4 is 78.3 Å². The van der Waals surface area contributed by atoms with Crippen molar-refractivity contribution in [2.24, 2.45) is 16.8 Å². The molecule has 0 bridgehead atoms. The highest BCUT2D eigenvalue weighted by Gasteiger charge is 2.38. The van der Waals surface area contributed by atoms with Gasteiger partial charge >= 0.3 is 6.09 Å². The Hall–Kier alpha value is -2.88. The maximum atomic E-state index is 13.3. The molecule has 2 saturated heterocycles. The van der Waals surface area contributed by atoms with E-state index in [0.717, 1.165) is 42.9 Å². The molecular weight excluding hydrogens is 777 g/mol. The second-order valence-corrected chi connectivity index (χ2v) is 13.0. The number of carbonyl (C=O) groups is 3. The number of likely N-dealkylation sites (tertiary alicyclic amines) is 2. The number of nitrogens with zero attached hydrogens (tertiary/aromatic N) is 5. The molecular formula is C34H60N8O8S4. The van der Waals surface area contributed by atoms with Gasteiger partial charge in [-0.25, -0.2) is 19.8 Å². The summed E-state index contributed by atoms with van der Waals surface area (Å²) in [6.07, 6.45) is 11.1. The van der Waals surface area contributed by atoms with Crippen LogP contribution in [0.15, 0.2) is 29.5 Å². The number of amides is 3. The number of aromatic amines is 2. The number of hydrogen-bond acceptors (Lipinski definition) is 11. The van der Waals surface area contributed by atoms with Crippen LogP contribution in [0.2, 0.25) is 0 Å². The summed E-state index contributed by atoms with van der Waals surface area (Å²) in [5.74, 6) is 1.13. The number of aromatic nitrogens is 4. The van der Waals surface area contributed by atoms with Crippen molar-refractivity contribution in [3.05, 3.63) is 47.6 Å². The molecule has 0 spiro atoms. The highest BCUT2D eigenvalue weighted by Crippen LogP contribution is 2.33. The first-order valence-corrected chi connectivity index (χ1v) is 17.2. The van der Waals surface area contributed by atoms with Crippen LogP contribution in [-0.4, -0.2) is 107 Å². The quantitative estimate of drug-likeness (QED) is 0.0491. The lowest BCUT2D eigenvalue weighted by atomic mass is 10.0. The Morgan fingerprint density at radius 3 is 1.78 bits per heavy atom. The van der Waals surface area contributed by atoms with Crippen LogP contribution in [-0.2, 0) is 46.8 Å². The molecule has 0 aliphatic carbocycles. The van der Waals surface area contributed by atoms with Crippen molar-refractivity contribution in [3.63, 3.8) is 0 Å². The Morgan fingerprint density at radius 1 is 0.833 bits per heavy atom. The summed E-state index contributed by atoms with van der Waals surface area (Å²) in [7, 11) is 2.66. The van der Waals surface area contributed by atoms with Crippen LogP contribution in [0.4, 0.5) is 4.79 Å². The first-order valence-electron chi connectivity index (χ1n) is 17.2. The van der Waals surface area contributed by atoms with Gasteiger partial charge in [-0.05, 0) is 37.5 Å². The number of hydrogen-bond donors (Lipinski definition) is 3. The Morgan fingerprint density at radius 2 is 1.33 bits per heavy atom. The lowest BCUT2D eigenvalue weighted by Gasteiger charge is -2.30. The minimum atomic E-state index is -0.680. The van der Waals surface area contributed by atoms with Gasteiger partial charge in [0.15, 0.2) is 0 Å². The molecule has 2 aromatic heterocycles. The molecule has 308 valence electrons. The first kappa shape index (κ1) is 51.1. The van der Waals surface area contributed by atoms with Crippen LogP contribution in [0.1, 0.15) is 88.5 Å². The van der Waals surface area contributed by atoms with Gasteiger partial charge in [0.1, 0.15) is 23.7 Å². The van der Waals surface area contributed by atoms with E-state index >= 15 is 0 Å². The van der Waals surface area contributed by atoms with Gasteiger partial charge in [-0.15, -0.1) is 0 Å². The van der Waals surface area contributed by atoms with E-state index in [4.69, 9.17) is 19.1 Å². The lowest BCUT2D eigenvalue weighted by molar-refractivity contribution is -0.188. The van der Waals surface area contributed by atoms with Gasteiger partial charge in [-0.1, -0.05) is 39.8 Å². The van der Waals surface area contributed by atoms with Gasteiger partial charge in [-0.3, -0.25) is 9.59 Å². The number of ether oxygens (including phenoxy) is 3. The lowest BCUT2D eigenvalue weighted by Crippen LogP contribution is -2.51. The fraction of sp³-hybridized carbons (Fsp3) is 0.647. The van der Waals surface area contributed by atoms with Crippen LogP contribution in [0.25, 0.3) is 0 Å². The maximum Gasteiger partial charge on any atom is 0.407 e. The Balaban J connectivity index is 0.00000702. The van der Waals surface area contributed by atoms with Crippen LogP contribution in [0.5, 0.6) is 0 Å². The van der Waals surface area contributed by atoms with Crippen molar-refractivity contribution in [2.75, 3.05) is 40.5 Å². The molecule has 0 unspecified atom stereocenters. The number of imidazole rings is 2. The zero-order valence-electron chi connectivity index (χ0n) is 31.9. The van der Waals surface area contributed by atoms with E-state index < -0.39 is 18.2 Å². The van der Waals surface area contributed by atoms with Crippen molar-refractivity contribution in [3.8, 4) is 0 Å². The van der Waals surface area contributed by atoms with Crippen LogP contribution in [0.3, 0.4) is 0 Å². The van der Waals surface area contributed by atoms with Gasteiger partial charge in [0.05, 0.1) is 76.5 Å². The van der Waals surface area contributed by atoms with Gasteiger partial charge in [0, 0.05) is 13.1 Å². The largest absolute Gasteiger partial charge is 0.453 e. The zero-order valence-corrected chi connectivity index (χ0v) is 35.9. The maximum absolute atomic E-state index is 13.3. The van der Waals surface area contributed by atoms with E-state index in [1.807, 2.05) is 44.7 Å². The number of aliphatic imine (C=N–C) groups is 1. The minimum absolute atomic E-state index is 0. The smallest absolute Gasteiger partial charge is 0.407 e. The number of nitrogens with one attached hydrogen (secondary N) is 3. The van der Waals surface area contributed by atoms with Gasteiger partial charge in [-0.2, -0.15) is 58.9 Å². The number of methoxy groups -OCH3 is 1. The van der Waals surface area contributed by atoms with Crippen LogP contribution in [0, 0.1) is 11.8 Å². The highest BCUT2D eigenvalue weighted by atomic mass is 32.1. The third-order valence-corrected chi connectivity index (χ3v) is 8.75. The Labute approximate surface area is 346 Å². The summed E-state index contributed by atoms with van der Waals surface area (Å²) in [6, 6.07) is -1.59. The summed E-state index contributed by atoms with van der Waals surface area (Å²) in [5, 5.41) is 2.67. The average Bonchev–Trinajstić information content (AvgIpc) is 3.92. The molecule has 2 aliphatic rings. The van der Waals surface area contributed by atoms with Crippen molar-refractivity contribution in [2.45, 2.75) is 90.8 Å². The molecule has 3 amide bonds. The summed E-state index contributed by atoms with van der Waals surface area (Å²) >= 11 is 0. The molecule has 20 heteroatoms. The van der Waals surface area contributed by atoms with Gasteiger partial charge in [0.25, 0.3) is 0 Å². The molecule has 2 aromatic rings. The molecule has 0 radical (unpaired) electrons. The molecule has 0 aromatic carbocycles. The van der Waals surface area contributed by atoms with Crippen molar-refractivity contribution in [1.29, 1.82) is 0 Å². The summed E-state index contributed by atoms with van der Waals surface area (Å²) in [6.45, 7) is 10.4. The number of alkyl carbamates (subject to hydrolysis) is 1. The fourth-order valence-electron chi connectivity index (χ4n) is 6.18. The molecule has 4 heterocycles. The summed E-state index contributed by atoms with van der Waals surface area (Å²) in [4.78, 5) is 71.4.